The summed E-state index contributed by atoms with van der Waals surface area (Å²) >= 11 is 1.08. The van der Waals surface area contributed by atoms with Crippen LogP contribution >= 0.6 is 11.3 Å². The molecule has 2 aromatic rings. The molecule has 0 aliphatic carbocycles. The van der Waals surface area contributed by atoms with E-state index in [1.165, 1.54) is 4.57 Å². The minimum atomic E-state index is -0.504. The van der Waals surface area contributed by atoms with Crippen LogP contribution in [-0.4, -0.2) is 36.1 Å². The van der Waals surface area contributed by atoms with Gasteiger partial charge in [0.15, 0.2) is 5.57 Å². The zero-order valence-electron chi connectivity index (χ0n) is 18.6. The number of amides is 2. The monoisotopic (exact) mass is 469 g/mol. The van der Waals surface area contributed by atoms with Gasteiger partial charge in [-0.2, -0.15) is 5.26 Å². The van der Waals surface area contributed by atoms with Gasteiger partial charge in [-0.05, 0) is 44.9 Å². The summed E-state index contributed by atoms with van der Waals surface area (Å²) in [7, 11) is 0. The molecule has 1 aliphatic heterocycles. The first-order chi connectivity index (χ1) is 16.0. The number of aromatic nitrogens is 1. The number of ether oxygens (including phenoxy) is 1. The van der Waals surface area contributed by atoms with Crippen LogP contribution in [0.1, 0.15) is 26.7 Å². The van der Waals surface area contributed by atoms with E-state index in [1.807, 2.05) is 12.1 Å². The Morgan fingerprint density at radius 2 is 2.00 bits per heavy atom. The number of benzene rings is 1. The van der Waals surface area contributed by atoms with Crippen LogP contribution in [0.15, 0.2) is 29.1 Å². The third kappa shape index (κ3) is 5.88. The van der Waals surface area contributed by atoms with Crippen LogP contribution in [0.5, 0.6) is 0 Å². The Balaban J connectivity index is 1.85. The maximum absolute atomic E-state index is 12.8. The van der Waals surface area contributed by atoms with Crippen LogP contribution in [0.25, 0.3) is 11.8 Å². The van der Waals surface area contributed by atoms with Crippen LogP contribution in [0.3, 0.4) is 0 Å². The molecule has 0 saturated carbocycles. The number of nitrogens with zero attached hydrogens (tertiary/aromatic N) is 2. The van der Waals surface area contributed by atoms with Crippen LogP contribution < -0.4 is 30.7 Å². The number of thiazole rings is 1. The normalized spacial score (nSPS) is 15.5. The van der Waals surface area contributed by atoms with Gasteiger partial charge >= 0.3 is 0 Å². The molecule has 0 radical (unpaired) electrons. The molecular formula is C23H27N5O4S. The Kier molecular flexibility index (Phi) is 8.40. The van der Waals surface area contributed by atoms with Gasteiger partial charge < -0.3 is 20.7 Å². The SMILES string of the molecule is CCNC(=O)/C(C#N)=c1\s/c(=C/Nc2cccc(NC(=O)C3CCOCC3)c2)c(=O)n1CC. The Labute approximate surface area is 195 Å². The molecule has 9 nitrogen and oxygen atoms in total. The van der Waals surface area contributed by atoms with Gasteiger partial charge in [0.25, 0.3) is 11.5 Å². The maximum atomic E-state index is 12.8. The predicted molar refractivity (Wildman–Crippen MR) is 128 cm³/mol. The summed E-state index contributed by atoms with van der Waals surface area (Å²) in [4.78, 5) is 37.5. The van der Waals surface area contributed by atoms with E-state index in [-0.39, 0.29) is 23.0 Å². The van der Waals surface area contributed by atoms with E-state index in [9.17, 15) is 19.6 Å². The van der Waals surface area contributed by atoms with Crippen LogP contribution in [0.4, 0.5) is 11.4 Å². The zero-order valence-corrected chi connectivity index (χ0v) is 19.5. The van der Waals surface area contributed by atoms with Crippen molar-refractivity contribution in [1.82, 2.24) is 9.88 Å². The molecule has 3 rings (SSSR count). The summed E-state index contributed by atoms with van der Waals surface area (Å²) in [6.45, 7) is 5.45. The molecule has 3 N–H and O–H groups in total. The summed E-state index contributed by atoms with van der Waals surface area (Å²) in [6.07, 6.45) is 2.97. The first-order valence-corrected chi connectivity index (χ1v) is 11.7. The lowest BCUT2D eigenvalue weighted by atomic mass is 9.99. The molecule has 0 unspecified atom stereocenters. The molecule has 1 aliphatic rings. The second kappa shape index (κ2) is 11.4. The summed E-state index contributed by atoms with van der Waals surface area (Å²) in [5.41, 5.74) is 0.966. The minimum absolute atomic E-state index is 0.0295. The lowest BCUT2D eigenvalue weighted by Crippen LogP contribution is -2.34. The Bertz CT molecular complexity index is 1230. The lowest BCUT2D eigenvalue weighted by molar-refractivity contribution is -0.122. The average molecular weight is 470 g/mol. The van der Waals surface area contributed by atoms with Crippen molar-refractivity contribution in [3.8, 4) is 6.07 Å². The second-order valence-electron chi connectivity index (χ2n) is 7.41. The number of carbonyl (C=O) groups excluding carboxylic acids is 2. The number of nitriles is 1. The third-order valence-electron chi connectivity index (χ3n) is 5.21. The predicted octanol–water partition coefficient (Wildman–Crippen LogP) is 0.955. The van der Waals surface area contributed by atoms with Gasteiger partial charge in [-0.25, -0.2) is 0 Å². The number of carbonyl (C=O) groups is 2. The smallest absolute Gasteiger partial charge is 0.270 e. The summed E-state index contributed by atoms with van der Waals surface area (Å²) in [5, 5.41) is 18.1. The quantitative estimate of drug-likeness (QED) is 0.555. The highest BCUT2D eigenvalue weighted by molar-refractivity contribution is 7.07. The molecule has 2 heterocycles. The van der Waals surface area contributed by atoms with E-state index in [0.717, 1.165) is 11.3 Å². The molecule has 1 saturated heterocycles. The van der Waals surface area contributed by atoms with Gasteiger partial charge in [0, 0.05) is 49.8 Å². The van der Waals surface area contributed by atoms with Crippen molar-refractivity contribution in [2.24, 2.45) is 5.92 Å². The molecule has 1 fully saturated rings. The largest absolute Gasteiger partial charge is 0.381 e. The number of anilines is 2. The molecule has 33 heavy (non-hydrogen) atoms. The van der Waals surface area contributed by atoms with Crippen LogP contribution in [-0.2, 0) is 20.9 Å². The lowest BCUT2D eigenvalue weighted by Gasteiger charge is -2.21. The van der Waals surface area contributed by atoms with E-state index in [1.54, 1.807) is 38.2 Å². The first-order valence-electron chi connectivity index (χ1n) is 10.9. The van der Waals surface area contributed by atoms with E-state index in [2.05, 4.69) is 16.0 Å². The van der Waals surface area contributed by atoms with Crippen LogP contribution in [0, 0.1) is 17.2 Å². The fourth-order valence-corrected chi connectivity index (χ4v) is 4.56. The summed E-state index contributed by atoms with van der Waals surface area (Å²) in [5.74, 6) is -0.594. The highest BCUT2D eigenvalue weighted by atomic mass is 32.1. The standard InChI is InChI=1S/C23H27N5O4S/c1-3-25-21(30)18(13-24)23-28(4-2)22(31)19(33-23)14-26-16-6-5-7-17(12-16)27-20(29)15-8-10-32-11-9-15/h5-7,12,14-15,26H,3-4,8-11H2,1-2H3,(H,25,30)(H,27,29)/b19-14+,23-18-. The van der Waals surface area contributed by atoms with Crippen LogP contribution in [0.2, 0.25) is 0 Å². The van der Waals surface area contributed by atoms with Crippen molar-refractivity contribution in [1.29, 1.82) is 5.26 Å². The molecule has 10 heteroatoms. The highest BCUT2D eigenvalue weighted by Gasteiger charge is 2.21. The van der Waals surface area contributed by atoms with E-state index in [4.69, 9.17) is 4.74 Å². The van der Waals surface area contributed by atoms with E-state index in [0.29, 0.717) is 59.7 Å². The van der Waals surface area contributed by atoms with Crippen molar-refractivity contribution < 1.29 is 14.3 Å². The van der Waals surface area contributed by atoms with Crippen molar-refractivity contribution in [3.63, 3.8) is 0 Å². The molecule has 1 aromatic heterocycles. The zero-order chi connectivity index (χ0) is 23.8. The Morgan fingerprint density at radius 1 is 1.27 bits per heavy atom. The van der Waals surface area contributed by atoms with E-state index < -0.39 is 5.91 Å². The highest BCUT2D eigenvalue weighted by Crippen LogP contribution is 2.19. The fourth-order valence-electron chi connectivity index (χ4n) is 3.48. The number of nitrogens with one attached hydrogen (secondary N) is 3. The molecule has 2 amide bonds. The Hall–Kier alpha value is -3.42. The molecule has 0 atom stereocenters. The first kappa shape index (κ1) is 24.2. The number of rotatable bonds is 7. The molecule has 174 valence electrons. The topological polar surface area (TPSA) is 125 Å². The summed E-state index contributed by atoms with van der Waals surface area (Å²) in [6, 6.07) is 9.12. The average Bonchev–Trinajstić information content (AvgIpc) is 3.14. The molecular weight excluding hydrogens is 442 g/mol. The fraction of sp³-hybridized carbons (Fsp3) is 0.391. The minimum Gasteiger partial charge on any atom is -0.381 e. The third-order valence-corrected chi connectivity index (χ3v) is 6.34. The van der Waals surface area contributed by atoms with Gasteiger partial charge in [0.05, 0.1) is 0 Å². The molecule has 0 spiro atoms. The van der Waals surface area contributed by atoms with Gasteiger partial charge in [-0.3, -0.25) is 19.0 Å². The number of hydrogen-bond acceptors (Lipinski definition) is 7. The Morgan fingerprint density at radius 3 is 2.67 bits per heavy atom. The van der Waals surface area contributed by atoms with Crippen molar-refractivity contribution in [3.05, 3.63) is 43.8 Å². The van der Waals surface area contributed by atoms with Gasteiger partial charge in [0.1, 0.15) is 15.3 Å². The maximum Gasteiger partial charge on any atom is 0.270 e. The van der Waals surface area contributed by atoms with E-state index >= 15 is 0 Å². The van der Waals surface area contributed by atoms with Crippen molar-refractivity contribution >= 4 is 46.3 Å². The molecule has 0 bridgehead atoms. The van der Waals surface area contributed by atoms with Gasteiger partial charge in [0.2, 0.25) is 5.91 Å². The van der Waals surface area contributed by atoms with Gasteiger partial charge in [-0.15, -0.1) is 11.3 Å². The van der Waals surface area contributed by atoms with Gasteiger partial charge in [-0.1, -0.05) is 6.07 Å². The number of hydrogen-bond donors (Lipinski definition) is 3. The van der Waals surface area contributed by atoms with Crippen molar-refractivity contribution in [2.45, 2.75) is 33.2 Å². The summed E-state index contributed by atoms with van der Waals surface area (Å²) < 4.78 is 7.40. The van der Waals surface area contributed by atoms with Crippen molar-refractivity contribution in [2.75, 3.05) is 30.4 Å². The second-order valence-corrected chi connectivity index (χ2v) is 8.44. The molecule has 1 aromatic carbocycles.